The van der Waals surface area contributed by atoms with Gasteiger partial charge in [-0.15, -0.1) is 0 Å². The second-order valence-electron chi connectivity index (χ2n) is 8.60. The minimum Gasteiger partial charge on any atom is -0.351 e. The highest BCUT2D eigenvalue weighted by Crippen LogP contribution is 2.27. The summed E-state index contributed by atoms with van der Waals surface area (Å²) in [4.78, 5) is 30.7. The number of fused-ring (bicyclic) bond motifs is 2. The summed E-state index contributed by atoms with van der Waals surface area (Å²) < 4.78 is 3.22. The van der Waals surface area contributed by atoms with Crippen LogP contribution in [0.4, 0.5) is 0 Å². The molecule has 0 bridgehead atoms. The van der Waals surface area contributed by atoms with Crippen LogP contribution in [0.1, 0.15) is 39.5 Å². The quantitative estimate of drug-likeness (QED) is 0.416. The van der Waals surface area contributed by atoms with Crippen LogP contribution in [0.5, 0.6) is 0 Å². The number of aryl methyl sites for hydroxylation is 2. The summed E-state index contributed by atoms with van der Waals surface area (Å²) >= 11 is 0. The second kappa shape index (κ2) is 8.98. The summed E-state index contributed by atoms with van der Waals surface area (Å²) in [6.07, 6.45) is 2.53. The molecule has 0 saturated heterocycles. The van der Waals surface area contributed by atoms with E-state index in [0.29, 0.717) is 28.9 Å². The number of nitrogens with one attached hydrogen (secondary N) is 1. The number of aromatic nitrogens is 3. The summed E-state index contributed by atoms with van der Waals surface area (Å²) in [5, 5.41) is 3.48. The van der Waals surface area contributed by atoms with Gasteiger partial charge in [0, 0.05) is 25.7 Å². The molecule has 3 aromatic heterocycles. The Morgan fingerprint density at radius 2 is 1.62 bits per heavy atom. The van der Waals surface area contributed by atoms with Gasteiger partial charge in [-0.2, -0.15) is 0 Å². The van der Waals surface area contributed by atoms with E-state index < -0.39 is 0 Å². The maximum absolute atomic E-state index is 13.1. The van der Waals surface area contributed by atoms with E-state index in [9.17, 15) is 9.59 Å². The summed E-state index contributed by atoms with van der Waals surface area (Å²) in [5.74, 6) is -0.0416. The number of benzene rings is 2. The summed E-state index contributed by atoms with van der Waals surface area (Å²) in [6, 6.07) is 26.0. The van der Waals surface area contributed by atoms with Crippen molar-refractivity contribution in [1.29, 1.82) is 0 Å². The van der Waals surface area contributed by atoms with Gasteiger partial charge in [0.05, 0.1) is 5.39 Å². The average Bonchev–Trinajstić information content (AvgIpc) is 3.20. The fourth-order valence-electron chi connectivity index (χ4n) is 4.51. The molecule has 0 aliphatic heterocycles. The van der Waals surface area contributed by atoms with Crippen molar-refractivity contribution in [2.45, 2.75) is 19.3 Å². The Morgan fingerprint density at radius 3 is 2.26 bits per heavy atom. The molecule has 1 amide bonds. The molecule has 0 fully saturated rings. The van der Waals surface area contributed by atoms with Crippen molar-refractivity contribution in [3.05, 3.63) is 118 Å². The van der Waals surface area contributed by atoms with Crippen molar-refractivity contribution >= 4 is 22.6 Å². The number of carbonyl (C=O) groups is 1. The van der Waals surface area contributed by atoms with Gasteiger partial charge >= 0.3 is 0 Å². The zero-order chi connectivity index (χ0) is 23.7. The van der Waals surface area contributed by atoms with Crippen LogP contribution in [0.25, 0.3) is 16.7 Å². The molecule has 5 aromatic rings. The molecule has 0 spiro atoms. The van der Waals surface area contributed by atoms with Gasteiger partial charge in [0.25, 0.3) is 11.5 Å². The number of hydrogen-bond acceptors (Lipinski definition) is 3. The lowest BCUT2D eigenvalue weighted by molar-refractivity contribution is 0.0945. The minimum absolute atomic E-state index is 0.174. The van der Waals surface area contributed by atoms with E-state index in [-0.39, 0.29) is 17.4 Å². The van der Waals surface area contributed by atoms with E-state index in [4.69, 9.17) is 0 Å². The molecule has 6 heteroatoms. The largest absolute Gasteiger partial charge is 0.351 e. The van der Waals surface area contributed by atoms with Crippen LogP contribution >= 0.6 is 0 Å². The molecule has 0 radical (unpaired) electrons. The first-order valence-electron chi connectivity index (χ1n) is 11.4. The summed E-state index contributed by atoms with van der Waals surface area (Å²) in [7, 11) is 1.77. The first-order chi connectivity index (χ1) is 16.5. The van der Waals surface area contributed by atoms with Crippen LogP contribution in [-0.2, 0) is 7.05 Å². The van der Waals surface area contributed by atoms with Gasteiger partial charge in [0.15, 0.2) is 0 Å². The third kappa shape index (κ3) is 3.99. The van der Waals surface area contributed by atoms with E-state index in [1.807, 2.05) is 55.5 Å². The summed E-state index contributed by atoms with van der Waals surface area (Å²) in [6.45, 7) is 2.43. The first kappa shape index (κ1) is 21.6. The van der Waals surface area contributed by atoms with Crippen LogP contribution in [0, 0.1) is 6.92 Å². The van der Waals surface area contributed by atoms with Crippen molar-refractivity contribution in [1.82, 2.24) is 19.3 Å². The third-order valence-corrected chi connectivity index (χ3v) is 6.30. The second-order valence-corrected chi connectivity index (χ2v) is 8.60. The van der Waals surface area contributed by atoms with Crippen LogP contribution in [0.2, 0.25) is 0 Å². The smallest absolute Gasteiger partial charge is 0.267 e. The highest BCUT2D eigenvalue weighted by atomic mass is 16.2. The van der Waals surface area contributed by atoms with Gasteiger partial charge in [-0.3, -0.25) is 14.0 Å². The molecule has 0 aliphatic rings. The molecule has 3 heterocycles. The van der Waals surface area contributed by atoms with Gasteiger partial charge < -0.3 is 9.88 Å². The van der Waals surface area contributed by atoms with Crippen molar-refractivity contribution in [2.75, 3.05) is 6.54 Å². The standard InChI is InChI=1S/C28H26N4O2/c1-19-13-14-25-30-26-23(28(34)32(25)18-19)17-24(31(26)2)27(33)29-16-15-22(20-9-5-3-6-10-20)21-11-7-4-8-12-21/h3-14,17-18,22H,15-16H2,1-2H3,(H,29,33). The zero-order valence-corrected chi connectivity index (χ0v) is 19.2. The van der Waals surface area contributed by atoms with E-state index in [1.54, 1.807) is 23.9 Å². The fraction of sp³-hybridized carbons (Fsp3) is 0.179. The lowest BCUT2D eigenvalue weighted by atomic mass is 9.88. The number of amides is 1. The summed E-state index contributed by atoms with van der Waals surface area (Å²) in [5.41, 5.74) is 4.71. The molecule has 0 unspecified atom stereocenters. The van der Waals surface area contributed by atoms with Crippen molar-refractivity contribution in [3.63, 3.8) is 0 Å². The van der Waals surface area contributed by atoms with Crippen molar-refractivity contribution in [3.8, 4) is 0 Å². The Morgan fingerprint density at radius 1 is 0.971 bits per heavy atom. The minimum atomic E-state index is -0.218. The SMILES string of the molecule is Cc1ccc2nc3c(cc(C(=O)NCCC(c4ccccc4)c4ccccc4)n3C)c(=O)n2c1. The average molecular weight is 451 g/mol. The van der Waals surface area contributed by atoms with Gasteiger partial charge in [0.1, 0.15) is 17.0 Å². The number of hydrogen-bond donors (Lipinski definition) is 1. The maximum atomic E-state index is 13.1. The van der Waals surface area contributed by atoms with Gasteiger partial charge in [0.2, 0.25) is 0 Å². The molecule has 0 aliphatic carbocycles. The molecule has 2 aromatic carbocycles. The molecule has 0 saturated carbocycles. The molecular formula is C28H26N4O2. The molecule has 6 nitrogen and oxygen atoms in total. The molecule has 0 atom stereocenters. The van der Waals surface area contributed by atoms with Gasteiger partial charge in [-0.25, -0.2) is 4.98 Å². The van der Waals surface area contributed by atoms with Gasteiger partial charge in [-0.05, 0) is 42.2 Å². The lowest BCUT2D eigenvalue weighted by Crippen LogP contribution is -2.27. The Balaban J connectivity index is 1.39. The van der Waals surface area contributed by atoms with E-state index in [1.165, 1.54) is 15.5 Å². The molecular weight excluding hydrogens is 424 g/mol. The maximum Gasteiger partial charge on any atom is 0.267 e. The highest BCUT2D eigenvalue weighted by molar-refractivity contribution is 5.98. The van der Waals surface area contributed by atoms with E-state index in [0.717, 1.165) is 12.0 Å². The Kier molecular flexibility index (Phi) is 5.72. The number of nitrogens with zero attached hydrogens (tertiary/aromatic N) is 3. The van der Waals surface area contributed by atoms with Crippen LogP contribution in [0.15, 0.2) is 89.9 Å². The third-order valence-electron chi connectivity index (χ3n) is 6.30. The zero-order valence-electron chi connectivity index (χ0n) is 19.2. The predicted molar refractivity (Wildman–Crippen MR) is 134 cm³/mol. The lowest BCUT2D eigenvalue weighted by Gasteiger charge is -2.18. The fourth-order valence-corrected chi connectivity index (χ4v) is 4.51. The molecule has 1 N–H and O–H groups in total. The molecule has 5 rings (SSSR count). The van der Waals surface area contributed by atoms with E-state index in [2.05, 4.69) is 34.6 Å². The Bertz CT molecular complexity index is 1500. The van der Waals surface area contributed by atoms with Crippen LogP contribution < -0.4 is 10.9 Å². The Hall–Kier alpha value is -4.19. The van der Waals surface area contributed by atoms with Crippen molar-refractivity contribution < 1.29 is 4.79 Å². The normalized spacial score (nSPS) is 11.4. The topological polar surface area (TPSA) is 68.4 Å². The van der Waals surface area contributed by atoms with Crippen LogP contribution in [-0.4, -0.2) is 26.4 Å². The van der Waals surface area contributed by atoms with Gasteiger partial charge in [-0.1, -0.05) is 66.7 Å². The number of carbonyl (C=O) groups excluding carboxylic acids is 1. The number of rotatable bonds is 6. The highest BCUT2D eigenvalue weighted by Gasteiger charge is 2.19. The Labute approximate surface area is 197 Å². The van der Waals surface area contributed by atoms with Crippen molar-refractivity contribution in [2.24, 2.45) is 7.05 Å². The molecule has 34 heavy (non-hydrogen) atoms. The molecule has 170 valence electrons. The predicted octanol–water partition coefficient (Wildman–Crippen LogP) is 4.45. The number of pyridine rings is 1. The van der Waals surface area contributed by atoms with E-state index >= 15 is 0 Å². The van der Waals surface area contributed by atoms with Crippen LogP contribution in [0.3, 0.4) is 0 Å². The monoisotopic (exact) mass is 450 g/mol. The first-order valence-corrected chi connectivity index (χ1v) is 11.4.